The third kappa shape index (κ3) is 4.40. The Bertz CT molecular complexity index is 4050. The maximum atomic E-state index is 2.63. The van der Waals surface area contributed by atoms with Gasteiger partial charge in [-0.15, -0.1) is 0 Å². The maximum Gasteiger partial charge on any atom is 0.0620 e. The van der Waals surface area contributed by atoms with Crippen LogP contribution < -0.4 is 0 Å². The van der Waals surface area contributed by atoms with Gasteiger partial charge in [0.1, 0.15) is 0 Å². The van der Waals surface area contributed by atoms with Crippen LogP contribution in [-0.4, -0.2) is 13.2 Å². The predicted octanol–water partition coefficient (Wildman–Crippen LogP) is 16.3. The van der Waals surface area contributed by atoms with E-state index in [-0.39, 0.29) is 21.7 Å². The van der Waals surface area contributed by atoms with Gasteiger partial charge < -0.3 is 13.2 Å². The Balaban J connectivity index is 1.23. The molecule has 0 aliphatic heterocycles. The highest BCUT2D eigenvalue weighted by Crippen LogP contribution is 2.49. The summed E-state index contributed by atoms with van der Waals surface area (Å²) in [6, 6.07) is 41.3. The SMILES string of the molecule is CC(C)(C)c1ccc2c(c1)c1cc(C(C)(C)C)cc3c4cc5c(cc4n2c13)c1cc(C(C)(C)C)cc2c3cc4c6cc(C(C)(C)C)cc7c8ccccc8n(c4cc3n5c12)c76. The molecule has 6 heterocycles. The molecule has 6 aromatic heterocycles. The Kier molecular flexibility index (Phi) is 6.25. The van der Waals surface area contributed by atoms with Crippen molar-refractivity contribution in [2.75, 3.05) is 0 Å². The maximum absolute atomic E-state index is 2.63. The van der Waals surface area contributed by atoms with Gasteiger partial charge in [-0.25, -0.2) is 0 Å². The molecule has 61 heavy (non-hydrogen) atoms. The summed E-state index contributed by atoms with van der Waals surface area (Å²) in [6.07, 6.45) is 0. The van der Waals surface area contributed by atoms with Gasteiger partial charge in [-0.3, -0.25) is 0 Å². The number of hydrogen-bond donors (Lipinski definition) is 0. The van der Waals surface area contributed by atoms with Crippen LogP contribution in [0.25, 0.3) is 114 Å². The summed E-state index contributed by atoms with van der Waals surface area (Å²) in [5.74, 6) is 0. The van der Waals surface area contributed by atoms with Crippen LogP contribution in [0.5, 0.6) is 0 Å². The number of benzene rings is 7. The fourth-order valence-electron chi connectivity index (χ4n) is 11.3. The Morgan fingerprint density at radius 3 is 0.984 bits per heavy atom. The molecule has 13 rings (SSSR count). The second-order valence-corrected chi connectivity index (χ2v) is 22.8. The topological polar surface area (TPSA) is 13.2 Å². The number of nitrogens with zero attached hydrogens (tertiary/aromatic N) is 3. The van der Waals surface area contributed by atoms with Crippen molar-refractivity contribution in [1.29, 1.82) is 0 Å². The van der Waals surface area contributed by atoms with E-state index in [1.54, 1.807) is 0 Å². The second-order valence-electron chi connectivity index (χ2n) is 22.8. The summed E-state index contributed by atoms with van der Waals surface area (Å²) in [5, 5.41) is 16.1. The zero-order valence-electron chi connectivity index (χ0n) is 37.7. The predicted molar refractivity (Wildman–Crippen MR) is 265 cm³/mol. The molecule has 0 bridgehead atoms. The van der Waals surface area contributed by atoms with Gasteiger partial charge in [-0.1, -0.05) is 107 Å². The Labute approximate surface area is 356 Å². The van der Waals surface area contributed by atoms with E-state index in [9.17, 15) is 0 Å². The van der Waals surface area contributed by atoms with Crippen LogP contribution in [0, 0.1) is 0 Å². The van der Waals surface area contributed by atoms with Gasteiger partial charge in [0.2, 0.25) is 0 Å². The van der Waals surface area contributed by atoms with Gasteiger partial charge >= 0.3 is 0 Å². The van der Waals surface area contributed by atoms with Crippen molar-refractivity contribution in [1.82, 2.24) is 13.2 Å². The molecule has 0 aliphatic carbocycles. The van der Waals surface area contributed by atoms with Gasteiger partial charge in [0.05, 0.1) is 49.7 Å². The molecule has 0 saturated heterocycles. The van der Waals surface area contributed by atoms with Gasteiger partial charge in [0.25, 0.3) is 0 Å². The van der Waals surface area contributed by atoms with E-state index in [2.05, 4.69) is 199 Å². The van der Waals surface area contributed by atoms with E-state index >= 15 is 0 Å². The van der Waals surface area contributed by atoms with Gasteiger partial charge in [0.15, 0.2) is 0 Å². The van der Waals surface area contributed by atoms with Gasteiger partial charge in [0, 0.05) is 64.6 Å². The molecule has 3 heteroatoms. The summed E-state index contributed by atoms with van der Waals surface area (Å²) in [4.78, 5) is 0. The molecule has 0 saturated carbocycles. The average molecular weight is 792 g/mol. The first-order valence-electron chi connectivity index (χ1n) is 22.4. The van der Waals surface area contributed by atoms with Crippen LogP contribution >= 0.6 is 0 Å². The number of para-hydroxylation sites is 1. The molecular formula is C58H53N3. The number of fused-ring (bicyclic) bond motifs is 18. The first-order chi connectivity index (χ1) is 28.8. The lowest BCUT2D eigenvalue weighted by Gasteiger charge is -2.20. The number of rotatable bonds is 0. The average Bonchev–Trinajstić information content (AvgIpc) is 4.01. The van der Waals surface area contributed by atoms with E-state index in [0.29, 0.717) is 0 Å². The summed E-state index contributed by atoms with van der Waals surface area (Å²) < 4.78 is 7.77. The van der Waals surface area contributed by atoms with Crippen molar-refractivity contribution >= 4 is 114 Å². The van der Waals surface area contributed by atoms with Gasteiger partial charge in [-0.2, -0.15) is 0 Å². The first-order valence-corrected chi connectivity index (χ1v) is 22.4. The Morgan fingerprint density at radius 1 is 0.246 bits per heavy atom. The van der Waals surface area contributed by atoms with Crippen molar-refractivity contribution in [3.8, 4) is 0 Å². The fourth-order valence-corrected chi connectivity index (χ4v) is 11.3. The molecule has 0 fully saturated rings. The van der Waals surface area contributed by atoms with Crippen molar-refractivity contribution in [2.45, 2.75) is 105 Å². The third-order valence-corrected chi connectivity index (χ3v) is 14.8. The minimum absolute atomic E-state index is 0.00226. The standard InChI is InChI=1S/C58H53N3/c1-55(2,3)30-17-18-47-35(19-30)41-21-32(57(7,8)9)24-44-38-28-49-39(27-48(38)60(47)53(41)44)45-25-33(58(10,11)12)23-43-37-26-36-42-22-31(56(4,5)6)20-40-34-15-13-14-16-46(34)59(52(40)42)50(36)29-51(37)61(49)54(43)45/h13-29H,1-12H3. The van der Waals surface area contributed by atoms with Gasteiger partial charge in [-0.05, 0) is 123 Å². The van der Waals surface area contributed by atoms with E-state index in [1.807, 2.05) is 0 Å². The normalized spacial score (nSPS) is 14.2. The molecular weight excluding hydrogens is 739 g/mol. The van der Waals surface area contributed by atoms with Crippen LogP contribution in [0.4, 0.5) is 0 Å². The van der Waals surface area contributed by atoms with E-state index in [0.717, 1.165) is 0 Å². The van der Waals surface area contributed by atoms with Crippen molar-refractivity contribution in [3.63, 3.8) is 0 Å². The molecule has 0 unspecified atom stereocenters. The minimum atomic E-state index is -0.0209. The van der Waals surface area contributed by atoms with E-state index in [4.69, 9.17) is 0 Å². The minimum Gasteiger partial charge on any atom is -0.308 e. The molecule has 0 radical (unpaired) electrons. The van der Waals surface area contributed by atoms with Crippen LogP contribution in [0.1, 0.15) is 105 Å². The lowest BCUT2D eigenvalue weighted by molar-refractivity contribution is 0.590. The fraction of sp³-hybridized carbons (Fsp3) is 0.276. The smallest absolute Gasteiger partial charge is 0.0620 e. The highest BCUT2D eigenvalue weighted by Gasteiger charge is 2.29. The summed E-state index contributed by atoms with van der Waals surface area (Å²) >= 11 is 0. The molecule has 300 valence electrons. The molecule has 7 aromatic carbocycles. The van der Waals surface area contributed by atoms with Crippen LogP contribution in [-0.2, 0) is 21.7 Å². The van der Waals surface area contributed by atoms with E-state index < -0.39 is 0 Å². The zero-order chi connectivity index (χ0) is 42.2. The monoisotopic (exact) mass is 791 g/mol. The molecule has 3 nitrogen and oxygen atoms in total. The van der Waals surface area contributed by atoms with Crippen LogP contribution in [0.3, 0.4) is 0 Å². The second kappa shape index (κ2) is 10.7. The lowest BCUT2D eigenvalue weighted by atomic mass is 9.84. The Hall–Kier alpha value is -6.06. The summed E-state index contributed by atoms with van der Waals surface area (Å²) in [5.41, 5.74) is 17.3. The quantitative estimate of drug-likeness (QED) is 0.145. The number of aromatic nitrogens is 3. The first kappa shape index (κ1) is 35.7. The highest BCUT2D eigenvalue weighted by atomic mass is 15.0. The van der Waals surface area contributed by atoms with Crippen LogP contribution in [0.2, 0.25) is 0 Å². The third-order valence-electron chi connectivity index (χ3n) is 14.8. The zero-order valence-corrected chi connectivity index (χ0v) is 37.7. The van der Waals surface area contributed by atoms with E-state index in [1.165, 1.54) is 137 Å². The molecule has 0 amide bonds. The molecule has 0 aliphatic rings. The molecule has 0 N–H and O–H groups in total. The van der Waals surface area contributed by atoms with Crippen molar-refractivity contribution < 1.29 is 0 Å². The number of hydrogen-bond acceptors (Lipinski definition) is 0. The molecule has 13 aromatic rings. The van der Waals surface area contributed by atoms with Crippen molar-refractivity contribution in [3.05, 3.63) is 125 Å². The lowest BCUT2D eigenvalue weighted by Crippen LogP contribution is -2.11. The summed E-state index contributed by atoms with van der Waals surface area (Å²) in [7, 11) is 0. The highest BCUT2D eigenvalue weighted by molar-refractivity contribution is 6.31. The van der Waals surface area contributed by atoms with Crippen LogP contribution in [0.15, 0.2) is 103 Å². The Morgan fingerprint density at radius 2 is 0.557 bits per heavy atom. The summed E-state index contributed by atoms with van der Waals surface area (Å²) in [6.45, 7) is 28.2. The molecule has 0 spiro atoms. The van der Waals surface area contributed by atoms with Crippen molar-refractivity contribution in [2.24, 2.45) is 0 Å². The largest absolute Gasteiger partial charge is 0.308 e. The molecule has 0 atom stereocenters.